The SMILES string of the molecule is CC(C)C1=C[C@@]23CC[C@H]4[C@](C)(COCc5ccccc5)CCC[C@]4(C)[C@H]2C[C@@H]1[C@H](CO)[C@H]3CO. The molecule has 0 saturated heterocycles. The third-order valence-corrected chi connectivity index (χ3v) is 11.1. The zero-order chi connectivity index (χ0) is 24.1. The van der Waals surface area contributed by atoms with Gasteiger partial charge in [0.25, 0.3) is 0 Å². The number of rotatable bonds is 7. The Morgan fingerprint density at radius 2 is 1.76 bits per heavy atom. The molecule has 0 aliphatic heterocycles. The van der Waals surface area contributed by atoms with Gasteiger partial charge in [0.05, 0.1) is 13.2 Å². The van der Waals surface area contributed by atoms with Crippen molar-refractivity contribution in [1.29, 1.82) is 0 Å². The number of aliphatic hydroxyl groups excluding tert-OH is 2. The first-order valence-electron chi connectivity index (χ1n) is 13.8. The van der Waals surface area contributed by atoms with E-state index >= 15 is 0 Å². The van der Waals surface area contributed by atoms with Gasteiger partial charge in [-0.25, -0.2) is 0 Å². The smallest absolute Gasteiger partial charge is 0.0717 e. The van der Waals surface area contributed by atoms with E-state index in [4.69, 9.17) is 4.74 Å². The molecular weight excluding hydrogens is 420 g/mol. The van der Waals surface area contributed by atoms with Gasteiger partial charge < -0.3 is 14.9 Å². The minimum absolute atomic E-state index is 0.0465. The zero-order valence-electron chi connectivity index (χ0n) is 21.8. The van der Waals surface area contributed by atoms with E-state index in [1.807, 2.05) is 0 Å². The van der Waals surface area contributed by atoms with Crippen molar-refractivity contribution in [3.8, 4) is 0 Å². The van der Waals surface area contributed by atoms with Crippen molar-refractivity contribution in [3.63, 3.8) is 0 Å². The second-order valence-corrected chi connectivity index (χ2v) is 13.0. The van der Waals surface area contributed by atoms with Gasteiger partial charge in [0.15, 0.2) is 0 Å². The predicted octanol–water partition coefficient (Wildman–Crippen LogP) is 6.25. The number of hydrogen-bond donors (Lipinski definition) is 2. The van der Waals surface area contributed by atoms with E-state index in [0.29, 0.717) is 30.3 Å². The Morgan fingerprint density at radius 1 is 1.00 bits per heavy atom. The molecule has 3 saturated carbocycles. The van der Waals surface area contributed by atoms with Crippen LogP contribution in [0.15, 0.2) is 42.0 Å². The monoisotopic (exact) mass is 466 g/mol. The third kappa shape index (κ3) is 3.64. The maximum absolute atomic E-state index is 10.6. The molecule has 1 spiro atoms. The molecule has 3 fully saturated rings. The summed E-state index contributed by atoms with van der Waals surface area (Å²) in [7, 11) is 0. The van der Waals surface area contributed by atoms with Gasteiger partial charge in [-0.15, -0.1) is 0 Å². The maximum Gasteiger partial charge on any atom is 0.0717 e. The van der Waals surface area contributed by atoms with Crippen molar-refractivity contribution in [2.75, 3.05) is 19.8 Å². The van der Waals surface area contributed by atoms with Crippen molar-refractivity contribution in [1.82, 2.24) is 0 Å². The van der Waals surface area contributed by atoms with E-state index in [-0.39, 0.29) is 41.3 Å². The zero-order valence-corrected chi connectivity index (χ0v) is 21.8. The van der Waals surface area contributed by atoms with Gasteiger partial charge in [-0.2, -0.15) is 0 Å². The molecule has 1 aromatic rings. The molecule has 1 aromatic carbocycles. The Kier molecular flexibility index (Phi) is 6.53. The Bertz CT molecular complexity index is 893. The summed E-state index contributed by atoms with van der Waals surface area (Å²) >= 11 is 0. The molecule has 0 unspecified atom stereocenters. The van der Waals surface area contributed by atoms with Crippen molar-refractivity contribution < 1.29 is 14.9 Å². The average Bonchev–Trinajstić information content (AvgIpc) is 2.83. The van der Waals surface area contributed by atoms with Crippen LogP contribution in [-0.2, 0) is 11.3 Å². The summed E-state index contributed by atoms with van der Waals surface area (Å²) in [6, 6.07) is 10.6. The lowest BCUT2D eigenvalue weighted by Crippen LogP contribution is -2.65. The van der Waals surface area contributed by atoms with Crippen LogP contribution < -0.4 is 0 Å². The molecule has 5 aliphatic rings. The van der Waals surface area contributed by atoms with Crippen molar-refractivity contribution >= 4 is 0 Å². The average molecular weight is 467 g/mol. The van der Waals surface area contributed by atoms with Crippen molar-refractivity contribution in [2.45, 2.75) is 72.8 Å². The highest BCUT2D eigenvalue weighted by Crippen LogP contribution is 2.73. The molecule has 5 aliphatic carbocycles. The summed E-state index contributed by atoms with van der Waals surface area (Å²) in [5.74, 6) is 2.61. The lowest BCUT2D eigenvalue weighted by Gasteiger charge is -2.70. The Balaban J connectivity index is 1.43. The van der Waals surface area contributed by atoms with Crippen LogP contribution in [0.1, 0.15) is 71.8 Å². The van der Waals surface area contributed by atoms with Gasteiger partial charge in [-0.3, -0.25) is 0 Å². The number of benzene rings is 1. The molecule has 0 heterocycles. The summed E-state index contributed by atoms with van der Waals surface area (Å²) in [6.45, 7) is 11.7. The van der Waals surface area contributed by atoms with Crippen LogP contribution in [0, 0.1) is 51.8 Å². The second kappa shape index (κ2) is 9.05. The summed E-state index contributed by atoms with van der Waals surface area (Å²) in [5.41, 5.74) is 3.34. The highest BCUT2D eigenvalue weighted by Gasteiger charge is 2.67. The van der Waals surface area contributed by atoms with Crippen LogP contribution in [-0.4, -0.2) is 30.0 Å². The Labute approximate surface area is 207 Å². The molecule has 188 valence electrons. The highest BCUT2D eigenvalue weighted by atomic mass is 16.5. The van der Waals surface area contributed by atoms with Gasteiger partial charge in [0.1, 0.15) is 0 Å². The summed E-state index contributed by atoms with van der Waals surface area (Å²) < 4.78 is 6.39. The normalized spacial score (nSPS) is 43.4. The minimum Gasteiger partial charge on any atom is -0.396 e. The van der Waals surface area contributed by atoms with E-state index in [2.05, 4.69) is 64.1 Å². The molecule has 6 rings (SSSR count). The van der Waals surface area contributed by atoms with Crippen molar-refractivity contribution in [2.24, 2.45) is 51.8 Å². The van der Waals surface area contributed by atoms with Crippen LogP contribution in [0.5, 0.6) is 0 Å². The Hall–Kier alpha value is -1.16. The van der Waals surface area contributed by atoms with E-state index in [1.165, 1.54) is 37.7 Å². The molecule has 3 heteroatoms. The van der Waals surface area contributed by atoms with Gasteiger partial charge in [0, 0.05) is 13.2 Å². The number of aliphatic hydroxyl groups is 2. The largest absolute Gasteiger partial charge is 0.396 e. The van der Waals surface area contributed by atoms with Crippen molar-refractivity contribution in [3.05, 3.63) is 47.5 Å². The minimum atomic E-state index is 0.0465. The maximum atomic E-state index is 10.6. The van der Waals surface area contributed by atoms with Gasteiger partial charge in [-0.1, -0.05) is 76.1 Å². The van der Waals surface area contributed by atoms with Gasteiger partial charge in [0.2, 0.25) is 0 Å². The molecule has 2 N–H and O–H groups in total. The summed E-state index contributed by atoms with van der Waals surface area (Å²) in [6.07, 6.45) is 10.0. The standard InChI is InChI=1S/C31H46O3/c1-21(2)24-16-31-14-11-27-29(3,20-34-19-22-9-6-5-7-10-22)12-8-13-30(27,4)28(31)15-23(24)25(17-32)26(31)18-33/h5-7,9-10,16,21,23,25-28,32-33H,8,11-15,17-20H2,1-4H3/t23-,25-,26+,27-,28+,29-,30-,31+/m0/s1. The molecule has 2 bridgehead atoms. The molecule has 0 radical (unpaired) electrons. The third-order valence-electron chi connectivity index (χ3n) is 11.1. The van der Waals surface area contributed by atoms with Gasteiger partial charge >= 0.3 is 0 Å². The van der Waals surface area contributed by atoms with E-state index in [1.54, 1.807) is 5.57 Å². The molecule has 34 heavy (non-hydrogen) atoms. The lowest BCUT2D eigenvalue weighted by atomic mass is 9.34. The number of hydrogen-bond acceptors (Lipinski definition) is 3. The highest BCUT2D eigenvalue weighted by molar-refractivity contribution is 5.31. The number of allylic oxidation sites excluding steroid dienone is 2. The second-order valence-electron chi connectivity index (χ2n) is 13.0. The summed E-state index contributed by atoms with van der Waals surface area (Å²) in [5, 5.41) is 21.0. The fourth-order valence-electron chi connectivity index (χ4n) is 9.72. The Morgan fingerprint density at radius 3 is 2.44 bits per heavy atom. The fraction of sp³-hybridized carbons (Fsp3) is 0.742. The topological polar surface area (TPSA) is 49.7 Å². The van der Waals surface area contributed by atoms with Crippen LogP contribution >= 0.6 is 0 Å². The van der Waals surface area contributed by atoms with Crippen LogP contribution in [0.4, 0.5) is 0 Å². The predicted molar refractivity (Wildman–Crippen MR) is 137 cm³/mol. The van der Waals surface area contributed by atoms with Crippen LogP contribution in [0.2, 0.25) is 0 Å². The van der Waals surface area contributed by atoms with E-state index in [0.717, 1.165) is 13.0 Å². The van der Waals surface area contributed by atoms with E-state index < -0.39 is 0 Å². The molecule has 8 atom stereocenters. The molecular formula is C31H46O3. The molecule has 0 aromatic heterocycles. The fourth-order valence-corrected chi connectivity index (χ4v) is 9.72. The molecule has 0 amide bonds. The first-order chi connectivity index (χ1) is 16.3. The van der Waals surface area contributed by atoms with Crippen LogP contribution in [0.25, 0.3) is 0 Å². The number of fused-ring (bicyclic) bond motifs is 2. The first-order valence-corrected chi connectivity index (χ1v) is 13.8. The first kappa shape index (κ1) is 24.5. The van der Waals surface area contributed by atoms with E-state index in [9.17, 15) is 10.2 Å². The van der Waals surface area contributed by atoms with Gasteiger partial charge in [-0.05, 0) is 89.4 Å². The quantitative estimate of drug-likeness (QED) is 0.467. The molecule has 3 nitrogen and oxygen atoms in total. The lowest BCUT2D eigenvalue weighted by molar-refractivity contribution is -0.202. The van der Waals surface area contributed by atoms with Crippen LogP contribution in [0.3, 0.4) is 0 Å². The number of ether oxygens (including phenoxy) is 1. The summed E-state index contributed by atoms with van der Waals surface area (Å²) in [4.78, 5) is 0.